The first-order chi connectivity index (χ1) is 6.83. The molecule has 1 aliphatic carbocycles. The Morgan fingerprint density at radius 1 is 1.29 bits per heavy atom. The van der Waals surface area contributed by atoms with E-state index in [-0.39, 0.29) is 0 Å². The molecule has 1 saturated carbocycles. The first-order valence-corrected chi connectivity index (χ1v) is 6.29. The lowest BCUT2D eigenvalue weighted by Crippen LogP contribution is -2.42. The highest BCUT2D eigenvalue weighted by Gasteiger charge is 2.25. The molecule has 2 N–H and O–H groups in total. The zero-order chi connectivity index (χ0) is 10.4. The molecular formula is C12H26N2. The van der Waals surface area contributed by atoms with Crippen molar-refractivity contribution in [3.63, 3.8) is 0 Å². The molecule has 1 atom stereocenters. The van der Waals surface area contributed by atoms with Crippen LogP contribution in [-0.4, -0.2) is 30.1 Å². The summed E-state index contributed by atoms with van der Waals surface area (Å²) in [6.45, 7) is 6.61. The number of hydrogen-bond donors (Lipinski definition) is 1. The molecule has 2 nitrogen and oxygen atoms in total. The predicted octanol–water partition coefficient (Wildman–Crippen LogP) is 2.38. The highest BCUT2D eigenvalue weighted by Crippen LogP contribution is 2.26. The maximum atomic E-state index is 5.67. The van der Waals surface area contributed by atoms with Crippen LogP contribution in [0, 0.1) is 0 Å². The van der Waals surface area contributed by atoms with Crippen LogP contribution < -0.4 is 5.73 Å². The van der Waals surface area contributed by atoms with Crippen LogP contribution in [-0.2, 0) is 0 Å². The quantitative estimate of drug-likeness (QED) is 0.710. The van der Waals surface area contributed by atoms with Crippen LogP contribution in [0.2, 0.25) is 0 Å². The summed E-state index contributed by atoms with van der Waals surface area (Å²) in [7, 11) is 0. The normalized spacial score (nSPS) is 20.6. The summed E-state index contributed by atoms with van der Waals surface area (Å²) < 4.78 is 0. The number of hydrogen-bond acceptors (Lipinski definition) is 2. The van der Waals surface area contributed by atoms with E-state index in [2.05, 4.69) is 18.7 Å². The minimum atomic E-state index is 0.730. The molecule has 1 fully saturated rings. The Kier molecular flexibility index (Phi) is 5.49. The highest BCUT2D eigenvalue weighted by molar-refractivity contribution is 4.81. The van der Waals surface area contributed by atoms with Crippen molar-refractivity contribution >= 4 is 0 Å². The molecule has 0 aliphatic heterocycles. The molecule has 0 spiro atoms. The first kappa shape index (κ1) is 12.0. The van der Waals surface area contributed by atoms with Crippen molar-refractivity contribution in [1.82, 2.24) is 4.90 Å². The molecule has 0 amide bonds. The average molecular weight is 198 g/mol. The van der Waals surface area contributed by atoms with Gasteiger partial charge in [-0.25, -0.2) is 0 Å². The minimum absolute atomic E-state index is 0.730. The molecule has 14 heavy (non-hydrogen) atoms. The summed E-state index contributed by atoms with van der Waals surface area (Å²) in [6.07, 6.45) is 8.10. The third-order valence-electron chi connectivity index (χ3n) is 3.60. The molecule has 0 saturated heterocycles. The van der Waals surface area contributed by atoms with Gasteiger partial charge in [0.05, 0.1) is 0 Å². The topological polar surface area (TPSA) is 29.3 Å². The summed E-state index contributed by atoms with van der Waals surface area (Å²) in [5.41, 5.74) is 5.67. The van der Waals surface area contributed by atoms with E-state index in [1.165, 1.54) is 45.1 Å². The number of nitrogens with two attached hydrogens (primary N) is 1. The molecule has 0 bridgehead atoms. The van der Waals surface area contributed by atoms with Crippen molar-refractivity contribution in [3.05, 3.63) is 0 Å². The fourth-order valence-electron chi connectivity index (χ4n) is 2.85. The summed E-state index contributed by atoms with van der Waals surface area (Å²) in [4.78, 5) is 2.69. The second-order valence-electron chi connectivity index (χ2n) is 4.41. The van der Waals surface area contributed by atoms with Crippen molar-refractivity contribution in [2.75, 3.05) is 13.1 Å². The SMILES string of the molecule is CCC(CCN)N(CC)C1CCCC1. The van der Waals surface area contributed by atoms with Gasteiger partial charge in [0.15, 0.2) is 0 Å². The summed E-state index contributed by atoms with van der Waals surface area (Å²) in [5, 5.41) is 0. The Labute approximate surface area is 88.8 Å². The Morgan fingerprint density at radius 2 is 1.93 bits per heavy atom. The molecule has 1 aliphatic rings. The number of nitrogens with zero attached hydrogens (tertiary/aromatic N) is 1. The molecular weight excluding hydrogens is 172 g/mol. The molecule has 84 valence electrons. The third kappa shape index (κ3) is 2.96. The van der Waals surface area contributed by atoms with Crippen LogP contribution in [0.4, 0.5) is 0 Å². The zero-order valence-corrected chi connectivity index (χ0v) is 9.84. The van der Waals surface area contributed by atoms with Crippen molar-refractivity contribution in [1.29, 1.82) is 0 Å². The van der Waals surface area contributed by atoms with Gasteiger partial charge in [0.25, 0.3) is 0 Å². The van der Waals surface area contributed by atoms with E-state index in [1.807, 2.05) is 0 Å². The Balaban J connectivity index is 2.48. The van der Waals surface area contributed by atoms with Crippen LogP contribution in [0.15, 0.2) is 0 Å². The van der Waals surface area contributed by atoms with E-state index < -0.39 is 0 Å². The van der Waals surface area contributed by atoms with Crippen molar-refractivity contribution in [2.45, 2.75) is 64.5 Å². The smallest absolute Gasteiger partial charge is 0.0107 e. The van der Waals surface area contributed by atoms with Crippen LogP contribution >= 0.6 is 0 Å². The fourth-order valence-corrected chi connectivity index (χ4v) is 2.85. The van der Waals surface area contributed by atoms with Crippen molar-refractivity contribution < 1.29 is 0 Å². The zero-order valence-electron chi connectivity index (χ0n) is 9.84. The molecule has 2 heteroatoms. The van der Waals surface area contributed by atoms with Crippen LogP contribution in [0.1, 0.15) is 52.4 Å². The lowest BCUT2D eigenvalue weighted by atomic mass is 10.1. The van der Waals surface area contributed by atoms with Crippen LogP contribution in [0.25, 0.3) is 0 Å². The Hall–Kier alpha value is -0.0800. The fraction of sp³-hybridized carbons (Fsp3) is 1.00. The van der Waals surface area contributed by atoms with Gasteiger partial charge >= 0.3 is 0 Å². The van der Waals surface area contributed by atoms with Crippen LogP contribution in [0.5, 0.6) is 0 Å². The van der Waals surface area contributed by atoms with Gasteiger partial charge in [0.2, 0.25) is 0 Å². The molecule has 0 aromatic heterocycles. The van der Waals surface area contributed by atoms with Gasteiger partial charge in [0, 0.05) is 12.1 Å². The summed E-state index contributed by atoms with van der Waals surface area (Å²) in [5.74, 6) is 0. The lowest BCUT2D eigenvalue weighted by Gasteiger charge is -2.35. The van der Waals surface area contributed by atoms with Crippen molar-refractivity contribution in [3.8, 4) is 0 Å². The van der Waals surface area contributed by atoms with Gasteiger partial charge in [-0.1, -0.05) is 26.7 Å². The van der Waals surface area contributed by atoms with Crippen molar-refractivity contribution in [2.24, 2.45) is 5.73 Å². The maximum Gasteiger partial charge on any atom is 0.0107 e. The summed E-state index contributed by atoms with van der Waals surface area (Å²) in [6, 6.07) is 1.59. The predicted molar refractivity (Wildman–Crippen MR) is 62.4 cm³/mol. The first-order valence-electron chi connectivity index (χ1n) is 6.29. The highest BCUT2D eigenvalue weighted by atomic mass is 15.2. The van der Waals surface area contributed by atoms with Gasteiger partial charge in [-0.05, 0) is 38.8 Å². The molecule has 1 unspecified atom stereocenters. The second kappa shape index (κ2) is 6.41. The molecule has 0 aromatic carbocycles. The maximum absolute atomic E-state index is 5.67. The van der Waals surface area contributed by atoms with Gasteiger partial charge in [-0.15, -0.1) is 0 Å². The van der Waals surface area contributed by atoms with Gasteiger partial charge in [-0.2, -0.15) is 0 Å². The van der Waals surface area contributed by atoms with Gasteiger partial charge in [-0.3, -0.25) is 4.90 Å². The molecule has 1 rings (SSSR count). The van der Waals surface area contributed by atoms with E-state index in [0.29, 0.717) is 0 Å². The standard InChI is InChI=1S/C12H26N2/c1-3-11(9-10-13)14(4-2)12-7-5-6-8-12/h11-12H,3-10,13H2,1-2H3. The lowest BCUT2D eigenvalue weighted by molar-refractivity contribution is 0.133. The molecule has 0 heterocycles. The summed E-state index contributed by atoms with van der Waals surface area (Å²) >= 11 is 0. The largest absolute Gasteiger partial charge is 0.330 e. The van der Waals surface area contributed by atoms with Crippen LogP contribution in [0.3, 0.4) is 0 Å². The average Bonchev–Trinajstić information content (AvgIpc) is 2.71. The van der Waals surface area contributed by atoms with E-state index in [9.17, 15) is 0 Å². The molecule has 0 aromatic rings. The number of rotatable bonds is 6. The Morgan fingerprint density at radius 3 is 2.36 bits per heavy atom. The van der Waals surface area contributed by atoms with E-state index in [0.717, 1.165) is 18.6 Å². The minimum Gasteiger partial charge on any atom is -0.330 e. The Bertz CT molecular complexity index is 141. The van der Waals surface area contributed by atoms with Gasteiger partial charge < -0.3 is 5.73 Å². The van der Waals surface area contributed by atoms with Gasteiger partial charge in [0.1, 0.15) is 0 Å². The third-order valence-corrected chi connectivity index (χ3v) is 3.60. The van der Waals surface area contributed by atoms with E-state index >= 15 is 0 Å². The molecule has 0 radical (unpaired) electrons. The monoisotopic (exact) mass is 198 g/mol. The van der Waals surface area contributed by atoms with E-state index in [4.69, 9.17) is 5.73 Å². The second-order valence-corrected chi connectivity index (χ2v) is 4.41. The van der Waals surface area contributed by atoms with E-state index in [1.54, 1.807) is 0 Å².